The normalized spacial score (nSPS) is 8.45. The molecule has 0 N–H and O–H groups in total. The van der Waals surface area contributed by atoms with Crippen LogP contribution in [0.4, 0.5) is 0 Å². The van der Waals surface area contributed by atoms with Gasteiger partial charge in [-0.05, 0) is 19.1 Å². The number of ether oxygens (including phenoxy) is 1. The Morgan fingerprint density at radius 2 is 2.18 bits per heavy atom. The van der Waals surface area contributed by atoms with E-state index in [2.05, 4.69) is 0 Å². The molecule has 0 heterocycles. The molecule has 54 valence electrons. The number of hydrogen-bond donors (Lipinski definition) is 0. The van der Waals surface area contributed by atoms with Crippen LogP contribution in [0.2, 0.25) is 0 Å². The summed E-state index contributed by atoms with van der Waals surface area (Å²) in [7, 11) is 0. The van der Waals surface area contributed by atoms with E-state index in [1.165, 1.54) is 12.1 Å². The largest absolute Gasteiger partial charge is 1.00 e. The van der Waals surface area contributed by atoms with Crippen LogP contribution in [0, 0.1) is 0 Å². The van der Waals surface area contributed by atoms with Gasteiger partial charge in [-0.1, -0.05) is 12.1 Å². The number of hydrogen-bond acceptors (Lipinski definition) is 2. The van der Waals surface area contributed by atoms with E-state index in [1.807, 2.05) is 6.92 Å². The minimum absolute atomic E-state index is 0. The maximum absolute atomic E-state index is 10.7. The molecule has 1 aromatic rings. The van der Waals surface area contributed by atoms with Crippen LogP contribution in [0.5, 0.6) is 11.5 Å². The summed E-state index contributed by atoms with van der Waals surface area (Å²) in [5.74, 6) is 0.640. The zero-order valence-electron chi connectivity index (χ0n) is 6.83. The van der Waals surface area contributed by atoms with Crippen LogP contribution in [0.3, 0.4) is 0 Å². The Morgan fingerprint density at radius 3 is 2.73 bits per heavy atom. The Kier molecular flexibility index (Phi) is 6.28. The van der Waals surface area contributed by atoms with Gasteiger partial charge in [-0.15, -0.1) is 5.75 Å². The minimum atomic E-state index is -0.00838. The molecule has 0 radical (unpaired) electrons. The van der Waals surface area contributed by atoms with Crippen molar-refractivity contribution >= 4 is 0 Å². The molecule has 11 heavy (non-hydrogen) atoms. The third kappa shape index (κ3) is 4.13. The predicted molar refractivity (Wildman–Crippen MR) is 37.1 cm³/mol. The zero-order chi connectivity index (χ0) is 7.40. The van der Waals surface area contributed by atoms with E-state index in [4.69, 9.17) is 4.74 Å². The molecule has 0 saturated carbocycles. The van der Waals surface area contributed by atoms with Crippen molar-refractivity contribution in [3.8, 4) is 11.5 Å². The molecular weight excluding hydrogens is 167 g/mol. The third-order valence-corrected chi connectivity index (χ3v) is 1.12. The van der Waals surface area contributed by atoms with E-state index < -0.39 is 0 Å². The van der Waals surface area contributed by atoms with Crippen LogP contribution < -0.4 is 61.2 Å². The fraction of sp³-hybridized carbons (Fsp3) is 0.250. The Morgan fingerprint density at radius 1 is 1.45 bits per heavy atom. The molecule has 1 rings (SSSR count). The molecular formula is C8H9KO2. The van der Waals surface area contributed by atoms with E-state index in [9.17, 15) is 5.11 Å². The average Bonchev–Trinajstić information content (AvgIpc) is 1.88. The first kappa shape index (κ1) is 11.5. The van der Waals surface area contributed by atoms with Crippen molar-refractivity contribution in [1.29, 1.82) is 0 Å². The topological polar surface area (TPSA) is 32.3 Å². The van der Waals surface area contributed by atoms with Crippen molar-refractivity contribution in [2.24, 2.45) is 0 Å². The van der Waals surface area contributed by atoms with Crippen molar-refractivity contribution < 1.29 is 61.2 Å². The summed E-state index contributed by atoms with van der Waals surface area (Å²) < 4.78 is 5.09. The van der Waals surface area contributed by atoms with Gasteiger partial charge in [0.1, 0.15) is 5.75 Å². The Bertz CT molecular complexity index is 213. The van der Waals surface area contributed by atoms with Gasteiger partial charge in [-0.3, -0.25) is 0 Å². The van der Waals surface area contributed by atoms with Crippen molar-refractivity contribution in [1.82, 2.24) is 0 Å². The molecule has 0 saturated heterocycles. The van der Waals surface area contributed by atoms with Crippen LogP contribution >= 0.6 is 0 Å². The summed E-state index contributed by atoms with van der Waals surface area (Å²) >= 11 is 0. The molecule has 0 fully saturated rings. The Balaban J connectivity index is 0.000001000. The molecule has 1 aromatic carbocycles. The molecule has 0 atom stereocenters. The van der Waals surface area contributed by atoms with Gasteiger partial charge in [0.15, 0.2) is 0 Å². The Hall–Kier alpha value is 0.456. The first-order valence-electron chi connectivity index (χ1n) is 3.23. The van der Waals surface area contributed by atoms with Crippen LogP contribution in [-0.2, 0) is 0 Å². The van der Waals surface area contributed by atoms with E-state index in [1.54, 1.807) is 12.1 Å². The molecule has 0 aromatic heterocycles. The van der Waals surface area contributed by atoms with Crippen LogP contribution in [0.15, 0.2) is 24.3 Å². The minimum Gasteiger partial charge on any atom is -0.872 e. The second-order valence-corrected chi connectivity index (χ2v) is 1.91. The van der Waals surface area contributed by atoms with E-state index in [0.29, 0.717) is 12.4 Å². The van der Waals surface area contributed by atoms with Crippen LogP contribution in [0.1, 0.15) is 6.92 Å². The van der Waals surface area contributed by atoms with Gasteiger partial charge in [-0.2, -0.15) is 0 Å². The van der Waals surface area contributed by atoms with Gasteiger partial charge in [0.05, 0.1) is 6.61 Å². The average molecular weight is 176 g/mol. The summed E-state index contributed by atoms with van der Waals surface area (Å²) in [6.07, 6.45) is 0. The first-order valence-corrected chi connectivity index (χ1v) is 3.23. The molecule has 2 nitrogen and oxygen atoms in total. The second-order valence-electron chi connectivity index (χ2n) is 1.91. The molecule has 0 aliphatic rings. The molecule has 0 aliphatic carbocycles. The van der Waals surface area contributed by atoms with Gasteiger partial charge in [-0.25, -0.2) is 0 Å². The smallest absolute Gasteiger partial charge is 0.872 e. The van der Waals surface area contributed by atoms with Gasteiger partial charge in [0.2, 0.25) is 0 Å². The van der Waals surface area contributed by atoms with Crippen LogP contribution in [-0.4, -0.2) is 6.61 Å². The van der Waals surface area contributed by atoms with Crippen molar-refractivity contribution in [3.63, 3.8) is 0 Å². The molecule has 0 amide bonds. The quantitative estimate of drug-likeness (QED) is 0.496. The standard InChI is InChI=1S/C8H10O2.K/c1-2-10-8-5-3-4-7(9)6-8;/h3-6,9H,2H2,1H3;/q;+1/p-1. The van der Waals surface area contributed by atoms with Crippen molar-refractivity contribution in [2.45, 2.75) is 6.92 Å². The summed E-state index contributed by atoms with van der Waals surface area (Å²) in [4.78, 5) is 0. The molecule has 0 unspecified atom stereocenters. The van der Waals surface area contributed by atoms with Gasteiger partial charge < -0.3 is 9.84 Å². The SMILES string of the molecule is CCOc1cccc([O-])c1.[K+]. The zero-order valence-corrected chi connectivity index (χ0v) is 9.96. The first-order chi connectivity index (χ1) is 4.83. The molecule has 0 spiro atoms. The van der Waals surface area contributed by atoms with Crippen LogP contribution in [0.25, 0.3) is 0 Å². The van der Waals surface area contributed by atoms with Gasteiger partial charge in [0, 0.05) is 0 Å². The summed E-state index contributed by atoms with van der Waals surface area (Å²) in [6, 6.07) is 6.43. The molecule has 3 heteroatoms. The number of rotatable bonds is 2. The summed E-state index contributed by atoms with van der Waals surface area (Å²) in [6.45, 7) is 2.49. The van der Waals surface area contributed by atoms with E-state index in [-0.39, 0.29) is 57.1 Å². The summed E-state index contributed by atoms with van der Waals surface area (Å²) in [5.41, 5.74) is 0. The number of benzene rings is 1. The van der Waals surface area contributed by atoms with E-state index >= 15 is 0 Å². The third-order valence-electron chi connectivity index (χ3n) is 1.12. The van der Waals surface area contributed by atoms with Gasteiger partial charge >= 0.3 is 51.4 Å². The van der Waals surface area contributed by atoms with Crippen molar-refractivity contribution in [3.05, 3.63) is 24.3 Å². The predicted octanol–water partition coefficient (Wildman–Crippen LogP) is -1.84. The Labute approximate surface area is 109 Å². The van der Waals surface area contributed by atoms with Crippen molar-refractivity contribution in [2.75, 3.05) is 6.61 Å². The molecule has 0 aliphatic heterocycles. The second kappa shape index (κ2) is 6.03. The molecule has 0 bridgehead atoms. The van der Waals surface area contributed by atoms with E-state index in [0.717, 1.165) is 0 Å². The summed E-state index contributed by atoms with van der Waals surface area (Å²) in [5, 5.41) is 10.7. The fourth-order valence-corrected chi connectivity index (χ4v) is 0.731. The maximum Gasteiger partial charge on any atom is 1.00 e. The maximum atomic E-state index is 10.7. The fourth-order valence-electron chi connectivity index (χ4n) is 0.731. The van der Waals surface area contributed by atoms with Gasteiger partial charge in [0.25, 0.3) is 0 Å². The monoisotopic (exact) mass is 176 g/mol.